The Labute approximate surface area is 219 Å². The number of hydrogen-bond donors (Lipinski definition) is 2. The zero-order valence-electron chi connectivity index (χ0n) is 20.6. The predicted octanol–water partition coefficient (Wildman–Crippen LogP) is 2.37. The topological polar surface area (TPSA) is 138 Å². The minimum absolute atomic E-state index is 0.0787. The molecular weight excluding hydrogens is 514 g/mol. The van der Waals surface area contributed by atoms with Crippen LogP contribution in [0.3, 0.4) is 0 Å². The summed E-state index contributed by atoms with van der Waals surface area (Å²) in [6, 6.07) is 8.56. The lowest BCUT2D eigenvalue weighted by atomic mass is 10.0. The first-order chi connectivity index (χ1) is 17.6. The molecule has 1 fully saturated rings. The van der Waals surface area contributed by atoms with Crippen LogP contribution in [0, 0.1) is 5.92 Å². The Balaban J connectivity index is 1.44. The van der Waals surface area contributed by atoms with Crippen molar-refractivity contribution in [1.29, 1.82) is 0 Å². The maximum Gasteiger partial charge on any atom is 0.272 e. The molecule has 4 rings (SSSR count). The number of sulfonamides is 1. The van der Waals surface area contributed by atoms with E-state index in [0.29, 0.717) is 30.3 Å². The molecule has 1 saturated heterocycles. The Kier molecular flexibility index (Phi) is 8.30. The fourth-order valence-corrected chi connectivity index (χ4v) is 6.75. The molecular formula is C25H29N5O5S2. The molecule has 2 atom stereocenters. The molecule has 196 valence electrons. The summed E-state index contributed by atoms with van der Waals surface area (Å²) >= 11 is 1.10. The van der Waals surface area contributed by atoms with Gasteiger partial charge in [0, 0.05) is 6.54 Å². The van der Waals surface area contributed by atoms with Crippen molar-refractivity contribution in [2.24, 2.45) is 5.92 Å². The number of hydrogen-bond acceptors (Lipinski definition) is 8. The monoisotopic (exact) mass is 543 g/mol. The fourth-order valence-electron chi connectivity index (χ4n) is 4.17. The Morgan fingerprint density at radius 2 is 1.92 bits per heavy atom. The summed E-state index contributed by atoms with van der Waals surface area (Å²) in [5, 5.41) is 7.15. The lowest BCUT2D eigenvalue weighted by Gasteiger charge is -2.23. The molecule has 1 aliphatic rings. The second kappa shape index (κ2) is 11.4. The van der Waals surface area contributed by atoms with Crippen molar-refractivity contribution < 1.29 is 22.8 Å². The van der Waals surface area contributed by atoms with Crippen LogP contribution in [0.1, 0.15) is 43.6 Å². The molecule has 10 nitrogen and oxygen atoms in total. The second-order valence-corrected chi connectivity index (χ2v) is 12.5. The van der Waals surface area contributed by atoms with E-state index in [2.05, 4.69) is 20.6 Å². The van der Waals surface area contributed by atoms with Crippen LogP contribution in [0.4, 0.5) is 0 Å². The number of ketones is 1. The summed E-state index contributed by atoms with van der Waals surface area (Å²) in [6.45, 7) is 3.71. The number of amides is 2. The number of nitrogens with one attached hydrogen (secondary N) is 2. The molecule has 0 saturated carbocycles. The van der Waals surface area contributed by atoms with Gasteiger partial charge in [0.25, 0.3) is 15.9 Å². The van der Waals surface area contributed by atoms with Crippen LogP contribution >= 0.6 is 11.3 Å². The van der Waals surface area contributed by atoms with E-state index < -0.39 is 33.9 Å². The SMILES string of the molecule is CC(C)CC(NC(=O)c1cnc2ccccc2n1)C(=O)N[C@H]1CCCN(S(=O)(=O)c2cccs2)CC1=O. The minimum atomic E-state index is -3.77. The van der Waals surface area contributed by atoms with Crippen molar-refractivity contribution in [3.63, 3.8) is 0 Å². The Morgan fingerprint density at radius 3 is 2.62 bits per heavy atom. The number of carbonyl (C=O) groups excluding carboxylic acids is 3. The average Bonchev–Trinajstić information content (AvgIpc) is 3.36. The summed E-state index contributed by atoms with van der Waals surface area (Å²) in [4.78, 5) is 47.7. The van der Waals surface area contributed by atoms with Gasteiger partial charge in [0.1, 0.15) is 15.9 Å². The van der Waals surface area contributed by atoms with Gasteiger partial charge in [-0.15, -0.1) is 11.3 Å². The highest BCUT2D eigenvalue weighted by atomic mass is 32.2. The summed E-state index contributed by atoms with van der Waals surface area (Å²) in [6.07, 6.45) is 2.42. The third-order valence-corrected chi connectivity index (χ3v) is 9.26. The maximum absolute atomic E-state index is 13.2. The van der Waals surface area contributed by atoms with Crippen LogP contribution in [0.2, 0.25) is 0 Å². The highest BCUT2D eigenvalue weighted by Crippen LogP contribution is 2.23. The number of thiophene rings is 1. The summed E-state index contributed by atoms with van der Waals surface area (Å²) in [7, 11) is -3.77. The lowest BCUT2D eigenvalue weighted by molar-refractivity contribution is -0.129. The highest BCUT2D eigenvalue weighted by Gasteiger charge is 2.34. The van der Waals surface area contributed by atoms with Crippen molar-refractivity contribution in [3.8, 4) is 0 Å². The maximum atomic E-state index is 13.2. The smallest absolute Gasteiger partial charge is 0.272 e. The first-order valence-corrected chi connectivity index (χ1v) is 14.4. The molecule has 2 amide bonds. The third kappa shape index (κ3) is 6.38. The van der Waals surface area contributed by atoms with Gasteiger partial charge in [0.2, 0.25) is 5.91 Å². The van der Waals surface area contributed by atoms with E-state index in [1.54, 1.807) is 29.6 Å². The quantitative estimate of drug-likeness (QED) is 0.445. The first kappa shape index (κ1) is 26.8. The van der Waals surface area contributed by atoms with Gasteiger partial charge in [0.05, 0.1) is 29.8 Å². The number of benzene rings is 1. The van der Waals surface area contributed by atoms with E-state index in [1.807, 2.05) is 19.9 Å². The number of nitrogens with zero attached hydrogens (tertiary/aromatic N) is 3. The van der Waals surface area contributed by atoms with E-state index >= 15 is 0 Å². The van der Waals surface area contributed by atoms with Gasteiger partial charge < -0.3 is 10.6 Å². The zero-order valence-corrected chi connectivity index (χ0v) is 22.2. The minimum Gasteiger partial charge on any atom is -0.344 e. The molecule has 0 radical (unpaired) electrons. The van der Waals surface area contributed by atoms with Crippen LogP contribution in [-0.2, 0) is 19.6 Å². The predicted molar refractivity (Wildman–Crippen MR) is 139 cm³/mol. The zero-order chi connectivity index (χ0) is 26.6. The van der Waals surface area contributed by atoms with Gasteiger partial charge >= 0.3 is 0 Å². The van der Waals surface area contributed by atoms with Gasteiger partial charge in [-0.1, -0.05) is 32.0 Å². The molecule has 12 heteroatoms. The van der Waals surface area contributed by atoms with Gasteiger partial charge in [-0.05, 0) is 48.8 Å². The molecule has 0 spiro atoms. The second-order valence-electron chi connectivity index (χ2n) is 9.34. The van der Waals surface area contributed by atoms with Gasteiger partial charge in [-0.25, -0.2) is 13.4 Å². The summed E-state index contributed by atoms with van der Waals surface area (Å²) < 4.78 is 27.1. The molecule has 37 heavy (non-hydrogen) atoms. The normalized spacial score (nSPS) is 17.9. The van der Waals surface area contributed by atoms with E-state index in [1.165, 1.54) is 16.6 Å². The number of carbonyl (C=O) groups is 3. The molecule has 2 N–H and O–H groups in total. The van der Waals surface area contributed by atoms with E-state index in [9.17, 15) is 22.8 Å². The van der Waals surface area contributed by atoms with Crippen LogP contribution in [0.5, 0.6) is 0 Å². The molecule has 0 bridgehead atoms. The number of fused-ring (bicyclic) bond motifs is 1. The van der Waals surface area contributed by atoms with Crippen molar-refractivity contribution >= 4 is 50.0 Å². The molecule has 1 aliphatic heterocycles. The number of rotatable bonds is 8. The molecule has 1 aromatic carbocycles. The van der Waals surface area contributed by atoms with Crippen LogP contribution in [0.25, 0.3) is 11.0 Å². The Hall–Kier alpha value is -3.22. The third-order valence-electron chi connectivity index (χ3n) is 6.04. The fraction of sp³-hybridized carbons (Fsp3) is 0.400. The van der Waals surface area contributed by atoms with E-state index in [-0.39, 0.29) is 34.7 Å². The summed E-state index contributed by atoms with van der Waals surface area (Å²) in [5.74, 6) is -1.35. The molecule has 2 aromatic heterocycles. The largest absolute Gasteiger partial charge is 0.344 e. The summed E-state index contributed by atoms with van der Waals surface area (Å²) in [5.41, 5.74) is 1.30. The van der Waals surface area contributed by atoms with Gasteiger partial charge in [0.15, 0.2) is 5.78 Å². The van der Waals surface area contributed by atoms with Crippen molar-refractivity contribution in [1.82, 2.24) is 24.9 Å². The number of Topliss-reactive ketones (excluding diaryl/α,β-unsaturated/α-hetero) is 1. The van der Waals surface area contributed by atoms with Crippen molar-refractivity contribution in [3.05, 3.63) is 53.7 Å². The van der Waals surface area contributed by atoms with Crippen molar-refractivity contribution in [2.75, 3.05) is 13.1 Å². The Bertz CT molecular complexity index is 1390. The number of aromatic nitrogens is 2. The lowest BCUT2D eigenvalue weighted by Crippen LogP contribution is -2.52. The first-order valence-electron chi connectivity index (χ1n) is 12.0. The van der Waals surface area contributed by atoms with Crippen LogP contribution in [-0.4, -0.2) is 65.5 Å². The molecule has 1 unspecified atom stereocenters. The highest BCUT2D eigenvalue weighted by molar-refractivity contribution is 7.91. The van der Waals surface area contributed by atoms with Crippen LogP contribution < -0.4 is 10.6 Å². The van der Waals surface area contributed by atoms with Gasteiger partial charge in [-0.3, -0.25) is 19.4 Å². The molecule has 3 heterocycles. The molecule has 0 aliphatic carbocycles. The Morgan fingerprint density at radius 1 is 1.16 bits per heavy atom. The van der Waals surface area contributed by atoms with Gasteiger partial charge in [-0.2, -0.15) is 4.31 Å². The van der Waals surface area contributed by atoms with Crippen molar-refractivity contribution in [2.45, 2.75) is 49.4 Å². The average molecular weight is 544 g/mol. The molecule has 3 aromatic rings. The van der Waals surface area contributed by atoms with E-state index in [4.69, 9.17) is 0 Å². The number of para-hydroxylation sites is 2. The standard InChI is InChI=1S/C25H29N5O5S2/c1-16(2)13-20(29-25(33)21-14-26-17-7-3-4-8-18(17)27-21)24(32)28-19-9-5-11-30(15-22(19)31)37(34,35)23-10-6-12-36-23/h3-4,6-8,10,12,14,16,19-20H,5,9,11,13,15H2,1-2H3,(H,28,32)(H,29,33)/t19-,20?/m0/s1. The van der Waals surface area contributed by atoms with Crippen LogP contribution in [0.15, 0.2) is 52.2 Å². The van der Waals surface area contributed by atoms with E-state index in [0.717, 1.165) is 11.3 Å².